The number of hydrogen-bond donors (Lipinski definition) is 1. The molecular formula is C14H32N2. The molecule has 0 bridgehead atoms. The van der Waals surface area contributed by atoms with Gasteiger partial charge in [-0.1, -0.05) is 34.6 Å². The zero-order valence-corrected chi connectivity index (χ0v) is 12.2. The van der Waals surface area contributed by atoms with Crippen molar-refractivity contribution in [1.29, 1.82) is 0 Å². The fraction of sp³-hybridized carbons (Fsp3) is 1.00. The molecule has 0 aromatic carbocycles. The minimum absolute atomic E-state index is 0.349. The summed E-state index contributed by atoms with van der Waals surface area (Å²) in [4.78, 5) is 2.41. The molecule has 0 rings (SSSR count). The summed E-state index contributed by atoms with van der Waals surface area (Å²) in [5.41, 5.74) is 6.49. The fourth-order valence-corrected chi connectivity index (χ4v) is 1.87. The second-order valence-electron chi connectivity index (χ2n) is 6.80. The van der Waals surface area contributed by atoms with Crippen molar-refractivity contribution in [3.8, 4) is 0 Å². The number of nitrogens with two attached hydrogens (primary N) is 1. The van der Waals surface area contributed by atoms with Crippen molar-refractivity contribution in [1.82, 2.24) is 4.90 Å². The summed E-state index contributed by atoms with van der Waals surface area (Å²) in [6, 6.07) is 0.349. The van der Waals surface area contributed by atoms with Crippen molar-refractivity contribution in [2.45, 2.75) is 59.9 Å². The molecule has 98 valence electrons. The van der Waals surface area contributed by atoms with Gasteiger partial charge < -0.3 is 10.6 Å². The molecule has 1 unspecified atom stereocenters. The Morgan fingerprint density at radius 1 is 1.06 bits per heavy atom. The van der Waals surface area contributed by atoms with Gasteiger partial charge in [-0.25, -0.2) is 0 Å². The molecule has 0 aromatic heterocycles. The fourth-order valence-electron chi connectivity index (χ4n) is 1.87. The number of rotatable bonds is 7. The van der Waals surface area contributed by atoms with Crippen molar-refractivity contribution in [2.24, 2.45) is 17.1 Å². The van der Waals surface area contributed by atoms with E-state index in [1.165, 1.54) is 13.0 Å². The highest BCUT2D eigenvalue weighted by atomic mass is 15.1. The van der Waals surface area contributed by atoms with Gasteiger partial charge >= 0.3 is 0 Å². The predicted molar refractivity (Wildman–Crippen MR) is 73.6 cm³/mol. The van der Waals surface area contributed by atoms with E-state index in [9.17, 15) is 0 Å². The molecule has 16 heavy (non-hydrogen) atoms. The minimum atomic E-state index is 0.349. The third kappa shape index (κ3) is 10.4. The van der Waals surface area contributed by atoms with E-state index < -0.39 is 0 Å². The zero-order valence-electron chi connectivity index (χ0n) is 12.2. The Bertz CT molecular complexity index is 170. The molecule has 0 heterocycles. The smallest absolute Gasteiger partial charge is 0.00559 e. The molecule has 0 amide bonds. The molecule has 2 heteroatoms. The Labute approximate surface area is 103 Å². The lowest BCUT2D eigenvalue weighted by Crippen LogP contribution is -2.32. The SMILES string of the molecule is CC(C)CCN(C)CCC(N)CC(C)(C)C. The Balaban J connectivity index is 3.63. The standard InChI is InChI=1S/C14H32N2/c1-12(2)7-9-16(6)10-8-13(15)11-14(3,4)5/h12-13H,7-11,15H2,1-6H3. The molecule has 0 saturated heterocycles. The van der Waals surface area contributed by atoms with Crippen LogP contribution in [0.2, 0.25) is 0 Å². The first-order valence-electron chi connectivity index (χ1n) is 6.65. The second-order valence-corrected chi connectivity index (χ2v) is 6.80. The Hall–Kier alpha value is -0.0800. The third-order valence-corrected chi connectivity index (χ3v) is 2.84. The first-order valence-corrected chi connectivity index (χ1v) is 6.65. The first kappa shape index (κ1) is 15.9. The molecule has 0 saturated carbocycles. The van der Waals surface area contributed by atoms with Gasteiger partial charge in [0.15, 0.2) is 0 Å². The van der Waals surface area contributed by atoms with Gasteiger partial charge in [-0.05, 0) is 50.7 Å². The molecule has 0 aliphatic heterocycles. The van der Waals surface area contributed by atoms with Crippen molar-refractivity contribution in [3.05, 3.63) is 0 Å². The third-order valence-electron chi connectivity index (χ3n) is 2.84. The summed E-state index contributed by atoms with van der Waals surface area (Å²) in [5.74, 6) is 0.797. The van der Waals surface area contributed by atoms with Gasteiger partial charge in [-0.15, -0.1) is 0 Å². The summed E-state index contributed by atoms with van der Waals surface area (Å²) < 4.78 is 0. The second kappa shape index (κ2) is 7.29. The van der Waals surface area contributed by atoms with E-state index in [0.29, 0.717) is 11.5 Å². The maximum absolute atomic E-state index is 6.14. The van der Waals surface area contributed by atoms with Crippen LogP contribution in [0, 0.1) is 11.3 Å². The van der Waals surface area contributed by atoms with Crippen molar-refractivity contribution in [3.63, 3.8) is 0 Å². The highest BCUT2D eigenvalue weighted by Gasteiger charge is 2.15. The molecule has 2 nitrogen and oxygen atoms in total. The predicted octanol–water partition coefficient (Wildman–Crippen LogP) is 3.12. The average molecular weight is 228 g/mol. The van der Waals surface area contributed by atoms with Crippen LogP contribution in [-0.4, -0.2) is 31.1 Å². The van der Waals surface area contributed by atoms with Crippen LogP contribution in [0.4, 0.5) is 0 Å². The van der Waals surface area contributed by atoms with E-state index >= 15 is 0 Å². The van der Waals surface area contributed by atoms with Crippen molar-refractivity contribution < 1.29 is 0 Å². The Morgan fingerprint density at radius 2 is 1.56 bits per heavy atom. The lowest BCUT2D eigenvalue weighted by atomic mass is 9.87. The van der Waals surface area contributed by atoms with Gasteiger partial charge in [0.1, 0.15) is 0 Å². The Morgan fingerprint density at radius 3 is 2.00 bits per heavy atom. The minimum Gasteiger partial charge on any atom is -0.328 e. The summed E-state index contributed by atoms with van der Waals surface area (Å²) in [6.45, 7) is 13.7. The van der Waals surface area contributed by atoms with E-state index in [4.69, 9.17) is 5.73 Å². The summed E-state index contributed by atoms with van der Waals surface area (Å²) in [5, 5.41) is 0. The zero-order chi connectivity index (χ0) is 12.8. The monoisotopic (exact) mass is 228 g/mol. The normalized spacial score (nSPS) is 14.8. The van der Waals surface area contributed by atoms with Crippen LogP contribution in [0.1, 0.15) is 53.9 Å². The number of hydrogen-bond acceptors (Lipinski definition) is 2. The van der Waals surface area contributed by atoms with E-state index in [-0.39, 0.29) is 0 Å². The van der Waals surface area contributed by atoms with Crippen LogP contribution >= 0.6 is 0 Å². The maximum atomic E-state index is 6.14. The van der Waals surface area contributed by atoms with Crippen LogP contribution in [0.5, 0.6) is 0 Å². The summed E-state index contributed by atoms with van der Waals surface area (Å²) in [7, 11) is 2.20. The van der Waals surface area contributed by atoms with E-state index in [0.717, 1.165) is 25.3 Å². The van der Waals surface area contributed by atoms with Crippen LogP contribution in [0.3, 0.4) is 0 Å². The largest absolute Gasteiger partial charge is 0.328 e. The topological polar surface area (TPSA) is 29.3 Å². The summed E-state index contributed by atoms with van der Waals surface area (Å²) >= 11 is 0. The van der Waals surface area contributed by atoms with Crippen LogP contribution in [0.25, 0.3) is 0 Å². The molecule has 0 fully saturated rings. The average Bonchev–Trinajstić information content (AvgIpc) is 2.08. The first-order chi connectivity index (χ1) is 7.20. The maximum Gasteiger partial charge on any atom is 0.00559 e. The molecule has 0 aliphatic carbocycles. The van der Waals surface area contributed by atoms with E-state index in [1.54, 1.807) is 0 Å². The van der Waals surface area contributed by atoms with Gasteiger partial charge in [-0.3, -0.25) is 0 Å². The van der Waals surface area contributed by atoms with Crippen molar-refractivity contribution in [2.75, 3.05) is 20.1 Å². The molecular weight excluding hydrogens is 196 g/mol. The highest BCUT2D eigenvalue weighted by Crippen LogP contribution is 2.21. The summed E-state index contributed by atoms with van der Waals surface area (Å²) in [6.07, 6.45) is 3.52. The molecule has 0 aliphatic rings. The van der Waals surface area contributed by atoms with Gasteiger partial charge in [0, 0.05) is 6.04 Å². The molecule has 1 atom stereocenters. The molecule has 0 aromatic rings. The number of nitrogens with zero attached hydrogens (tertiary/aromatic N) is 1. The molecule has 0 radical (unpaired) electrons. The molecule has 2 N–H and O–H groups in total. The Kier molecular flexibility index (Phi) is 7.25. The van der Waals surface area contributed by atoms with Crippen LogP contribution in [-0.2, 0) is 0 Å². The van der Waals surface area contributed by atoms with Crippen LogP contribution < -0.4 is 5.73 Å². The van der Waals surface area contributed by atoms with Gasteiger partial charge in [0.2, 0.25) is 0 Å². The van der Waals surface area contributed by atoms with Gasteiger partial charge in [0.05, 0.1) is 0 Å². The quantitative estimate of drug-likeness (QED) is 0.725. The highest BCUT2D eigenvalue weighted by molar-refractivity contribution is 4.72. The van der Waals surface area contributed by atoms with Crippen LogP contribution in [0.15, 0.2) is 0 Å². The van der Waals surface area contributed by atoms with Gasteiger partial charge in [-0.2, -0.15) is 0 Å². The van der Waals surface area contributed by atoms with Gasteiger partial charge in [0.25, 0.3) is 0 Å². The lowest BCUT2D eigenvalue weighted by molar-refractivity contribution is 0.272. The lowest BCUT2D eigenvalue weighted by Gasteiger charge is -2.25. The van der Waals surface area contributed by atoms with E-state index in [1.807, 2.05) is 0 Å². The van der Waals surface area contributed by atoms with E-state index in [2.05, 4.69) is 46.6 Å². The molecule has 0 spiro atoms. The van der Waals surface area contributed by atoms with Crippen molar-refractivity contribution >= 4 is 0 Å².